The van der Waals surface area contributed by atoms with E-state index < -0.39 is 5.82 Å². The summed E-state index contributed by atoms with van der Waals surface area (Å²) in [4.78, 5) is 11.9. The van der Waals surface area contributed by atoms with Crippen LogP contribution in [0.3, 0.4) is 0 Å². The number of nitrogens with two attached hydrogens (primary N) is 1. The van der Waals surface area contributed by atoms with E-state index >= 15 is 0 Å². The zero-order valence-corrected chi connectivity index (χ0v) is 10.6. The molecule has 0 unspecified atom stereocenters. The van der Waals surface area contributed by atoms with E-state index in [0.717, 1.165) is 6.42 Å². The summed E-state index contributed by atoms with van der Waals surface area (Å²) in [5, 5.41) is 2.74. The Kier molecular flexibility index (Phi) is 3.80. The van der Waals surface area contributed by atoms with Crippen molar-refractivity contribution in [3.63, 3.8) is 0 Å². The molecule has 0 spiro atoms. The summed E-state index contributed by atoms with van der Waals surface area (Å²) >= 11 is 0. The molecule has 19 heavy (non-hydrogen) atoms. The van der Waals surface area contributed by atoms with E-state index in [1.165, 1.54) is 23.8 Å². The van der Waals surface area contributed by atoms with Gasteiger partial charge in [0.15, 0.2) is 0 Å². The molecular weight excluding hydrogens is 243 g/mol. The van der Waals surface area contributed by atoms with Crippen LogP contribution in [-0.2, 0) is 6.42 Å². The third-order valence-corrected chi connectivity index (χ3v) is 2.88. The van der Waals surface area contributed by atoms with Crippen LogP contribution < -0.4 is 11.1 Å². The molecule has 2 rings (SSSR count). The van der Waals surface area contributed by atoms with E-state index in [1.807, 2.05) is 24.3 Å². The monoisotopic (exact) mass is 258 g/mol. The topological polar surface area (TPSA) is 55.1 Å². The summed E-state index contributed by atoms with van der Waals surface area (Å²) < 4.78 is 13.0. The highest BCUT2D eigenvalue weighted by atomic mass is 19.1. The fourth-order valence-electron chi connectivity index (χ4n) is 1.71. The van der Waals surface area contributed by atoms with Crippen molar-refractivity contribution in [3.05, 3.63) is 59.4 Å². The minimum Gasteiger partial charge on any atom is -0.396 e. The quantitative estimate of drug-likeness (QED) is 0.830. The number of nitrogens with one attached hydrogen (secondary N) is 1. The first-order chi connectivity index (χ1) is 9.10. The number of carbonyl (C=O) groups excluding carboxylic acids is 1. The molecule has 0 heterocycles. The van der Waals surface area contributed by atoms with Crippen molar-refractivity contribution in [1.82, 2.24) is 0 Å². The molecule has 3 N–H and O–H groups in total. The molecular formula is C15H15FN2O. The Balaban J connectivity index is 2.13. The number of nitrogen functional groups attached to an aromatic ring is 1. The van der Waals surface area contributed by atoms with Gasteiger partial charge in [0.2, 0.25) is 0 Å². The number of halogens is 1. The lowest BCUT2D eigenvalue weighted by Crippen LogP contribution is -2.12. The van der Waals surface area contributed by atoms with Crippen molar-refractivity contribution in [2.24, 2.45) is 0 Å². The van der Waals surface area contributed by atoms with E-state index in [9.17, 15) is 9.18 Å². The van der Waals surface area contributed by atoms with Crippen molar-refractivity contribution in [1.29, 1.82) is 0 Å². The summed E-state index contributed by atoms with van der Waals surface area (Å²) in [6.45, 7) is 2.06. The van der Waals surface area contributed by atoms with Gasteiger partial charge in [-0.2, -0.15) is 0 Å². The number of hydrogen-bond donors (Lipinski definition) is 2. The predicted octanol–water partition coefficient (Wildman–Crippen LogP) is 3.22. The highest BCUT2D eigenvalue weighted by Crippen LogP contribution is 2.15. The maximum Gasteiger partial charge on any atom is 0.255 e. The van der Waals surface area contributed by atoms with Crippen molar-refractivity contribution in [2.75, 3.05) is 11.1 Å². The molecule has 0 aliphatic carbocycles. The summed E-state index contributed by atoms with van der Waals surface area (Å²) in [6.07, 6.45) is 0.947. The van der Waals surface area contributed by atoms with Crippen molar-refractivity contribution in [3.8, 4) is 0 Å². The van der Waals surface area contributed by atoms with Gasteiger partial charge in [-0.1, -0.05) is 19.1 Å². The molecule has 3 nitrogen and oxygen atoms in total. The number of hydrogen-bond acceptors (Lipinski definition) is 2. The first-order valence-electron chi connectivity index (χ1n) is 6.05. The van der Waals surface area contributed by atoms with Gasteiger partial charge >= 0.3 is 0 Å². The average Bonchev–Trinajstić information content (AvgIpc) is 2.42. The summed E-state index contributed by atoms with van der Waals surface area (Å²) in [7, 11) is 0. The Morgan fingerprint density at radius 1 is 1.21 bits per heavy atom. The molecule has 98 valence electrons. The minimum atomic E-state index is -0.524. The molecule has 2 aromatic carbocycles. The van der Waals surface area contributed by atoms with E-state index in [-0.39, 0.29) is 11.6 Å². The minimum absolute atomic E-state index is 0.0334. The second-order valence-electron chi connectivity index (χ2n) is 4.24. The number of benzene rings is 2. The second-order valence-corrected chi connectivity index (χ2v) is 4.24. The first kappa shape index (κ1) is 13.1. The SMILES string of the molecule is CCc1ccc(NC(=O)c2ccc(F)c(N)c2)cc1. The van der Waals surface area contributed by atoms with Crippen LogP contribution >= 0.6 is 0 Å². The van der Waals surface area contributed by atoms with Gasteiger partial charge in [-0.05, 0) is 42.3 Å². The van der Waals surface area contributed by atoms with Gasteiger partial charge in [0.05, 0.1) is 5.69 Å². The molecule has 4 heteroatoms. The standard InChI is InChI=1S/C15H15FN2O/c1-2-10-3-6-12(7-4-10)18-15(19)11-5-8-13(16)14(17)9-11/h3-9H,2,17H2,1H3,(H,18,19). The van der Waals surface area contributed by atoms with E-state index in [0.29, 0.717) is 11.3 Å². The van der Waals surface area contributed by atoms with Crippen LogP contribution in [0.2, 0.25) is 0 Å². The molecule has 0 aromatic heterocycles. The molecule has 0 saturated heterocycles. The van der Waals surface area contributed by atoms with Crippen LogP contribution in [0.4, 0.5) is 15.8 Å². The Morgan fingerprint density at radius 2 is 1.89 bits per heavy atom. The van der Waals surface area contributed by atoms with Crippen LogP contribution in [0.1, 0.15) is 22.8 Å². The molecule has 0 bridgehead atoms. The Morgan fingerprint density at radius 3 is 2.47 bits per heavy atom. The normalized spacial score (nSPS) is 10.2. The second kappa shape index (κ2) is 5.52. The maximum absolute atomic E-state index is 13.0. The number of anilines is 2. The number of carbonyl (C=O) groups is 1. The molecule has 2 aromatic rings. The maximum atomic E-state index is 13.0. The van der Waals surface area contributed by atoms with Crippen molar-refractivity contribution >= 4 is 17.3 Å². The molecule has 0 fully saturated rings. The van der Waals surface area contributed by atoms with Crippen LogP contribution in [0.15, 0.2) is 42.5 Å². The van der Waals surface area contributed by atoms with Crippen molar-refractivity contribution < 1.29 is 9.18 Å². The number of rotatable bonds is 3. The Labute approximate surface area is 111 Å². The van der Waals surface area contributed by atoms with Gasteiger partial charge in [0, 0.05) is 11.3 Å². The molecule has 0 radical (unpaired) electrons. The van der Waals surface area contributed by atoms with Crippen LogP contribution in [0.5, 0.6) is 0 Å². The van der Waals surface area contributed by atoms with Gasteiger partial charge in [0.1, 0.15) is 5.82 Å². The van der Waals surface area contributed by atoms with Gasteiger partial charge in [-0.3, -0.25) is 4.79 Å². The lowest BCUT2D eigenvalue weighted by Gasteiger charge is -2.07. The number of amides is 1. The van der Waals surface area contributed by atoms with E-state index in [1.54, 1.807) is 0 Å². The van der Waals surface area contributed by atoms with E-state index in [2.05, 4.69) is 12.2 Å². The van der Waals surface area contributed by atoms with Gasteiger partial charge in [-0.25, -0.2) is 4.39 Å². The third kappa shape index (κ3) is 3.10. The Hall–Kier alpha value is -2.36. The van der Waals surface area contributed by atoms with Gasteiger partial charge in [-0.15, -0.1) is 0 Å². The molecule has 0 aliphatic rings. The van der Waals surface area contributed by atoms with Crippen molar-refractivity contribution in [2.45, 2.75) is 13.3 Å². The zero-order chi connectivity index (χ0) is 13.8. The predicted molar refractivity (Wildman–Crippen MR) is 74.6 cm³/mol. The highest BCUT2D eigenvalue weighted by molar-refractivity contribution is 6.04. The molecule has 0 saturated carbocycles. The lowest BCUT2D eigenvalue weighted by molar-refractivity contribution is 0.102. The molecule has 1 amide bonds. The average molecular weight is 258 g/mol. The van der Waals surface area contributed by atoms with Crippen LogP contribution in [-0.4, -0.2) is 5.91 Å². The molecule has 0 aliphatic heterocycles. The molecule has 0 atom stereocenters. The summed E-state index contributed by atoms with van der Waals surface area (Å²) in [6, 6.07) is 11.5. The van der Waals surface area contributed by atoms with Crippen LogP contribution in [0, 0.1) is 5.82 Å². The van der Waals surface area contributed by atoms with Crippen LogP contribution in [0.25, 0.3) is 0 Å². The summed E-state index contributed by atoms with van der Waals surface area (Å²) in [5.41, 5.74) is 7.63. The largest absolute Gasteiger partial charge is 0.396 e. The highest BCUT2D eigenvalue weighted by Gasteiger charge is 2.08. The fraction of sp³-hybridized carbons (Fsp3) is 0.133. The smallest absolute Gasteiger partial charge is 0.255 e. The summed E-state index contributed by atoms with van der Waals surface area (Å²) in [5.74, 6) is -0.834. The third-order valence-electron chi connectivity index (χ3n) is 2.88. The van der Waals surface area contributed by atoms with Gasteiger partial charge < -0.3 is 11.1 Å². The number of aryl methyl sites for hydroxylation is 1. The van der Waals surface area contributed by atoms with E-state index in [4.69, 9.17) is 5.73 Å². The zero-order valence-electron chi connectivity index (χ0n) is 10.6. The lowest BCUT2D eigenvalue weighted by atomic mass is 10.1. The van der Waals surface area contributed by atoms with Gasteiger partial charge in [0.25, 0.3) is 5.91 Å². The first-order valence-corrected chi connectivity index (χ1v) is 6.05. The fourth-order valence-corrected chi connectivity index (χ4v) is 1.71. The Bertz CT molecular complexity index is 594.